The van der Waals surface area contributed by atoms with Crippen LogP contribution in [0.3, 0.4) is 0 Å². The number of nitrogen functional groups attached to an aromatic ring is 1. The van der Waals surface area contributed by atoms with Crippen LogP contribution in [0.15, 0.2) is 33.8 Å². The molecule has 1 aliphatic rings. The second-order valence-electron chi connectivity index (χ2n) is 4.56. The van der Waals surface area contributed by atoms with Gasteiger partial charge in [0.05, 0.1) is 0 Å². The fourth-order valence-electron chi connectivity index (χ4n) is 2.39. The normalized spacial score (nSPS) is 12.6. The van der Waals surface area contributed by atoms with Crippen LogP contribution in [0.2, 0.25) is 0 Å². The Labute approximate surface area is 139 Å². The molecule has 2 aromatic rings. The Bertz CT molecular complexity index is 894. The standard InChI is InChI=1S/C15H7BrN4OS/c16-9-3-1-8(2-4-9)13-10(5-17)14(19)20-12(21)7-22-15(20)11(13)6-18/h1-4,19H,7H2/p+1. The lowest BCUT2D eigenvalue weighted by Gasteiger charge is -2.10. The number of nitriles is 2. The number of nitrogens with two attached hydrogens (primary N) is 1. The first-order chi connectivity index (χ1) is 10.6. The topological polar surface area (TPSA) is 94.6 Å². The summed E-state index contributed by atoms with van der Waals surface area (Å²) in [6.45, 7) is 0. The van der Waals surface area contributed by atoms with Crippen LogP contribution in [0.5, 0.6) is 0 Å². The fraction of sp³-hybridized carbons (Fsp3) is 0.0667. The molecule has 7 heteroatoms. The number of halogens is 1. The Morgan fingerprint density at radius 1 is 1.18 bits per heavy atom. The highest BCUT2D eigenvalue weighted by atomic mass is 79.9. The molecule has 0 aliphatic carbocycles. The van der Waals surface area contributed by atoms with E-state index in [9.17, 15) is 15.3 Å². The number of benzene rings is 1. The lowest BCUT2D eigenvalue weighted by atomic mass is 9.96. The molecule has 1 aromatic heterocycles. The third-order valence-corrected chi connectivity index (χ3v) is 4.93. The summed E-state index contributed by atoms with van der Waals surface area (Å²) in [4.78, 5) is 12.0. The summed E-state index contributed by atoms with van der Waals surface area (Å²) >= 11 is 4.62. The highest BCUT2D eigenvalue weighted by Crippen LogP contribution is 2.36. The van der Waals surface area contributed by atoms with Crippen molar-refractivity contribution in [2.24, 2.45) is 0 Å². The van der Waals surface area contributed by atoms with Crippen molar-refractivity contribution in [3.05, 3.63) is 39.9 Å². The van der Waals surface area contributed by atoms with Gasteiger partial charge in [-0.1, -0.05) is 39.8 Å². The molecule has 106 valence electrons. The predicted octanol–water partition coefficient (Wildman–Crippen LogP) is 2.48. The number of carbonyl (C=O) groups excluding carboxylic acids is 1. The molecule has 0 spiro atoms. The maximum atomic E-state index is 12.0. The van der Waals surface area contributed by atoms with Crippen LogP contribution in [-0.4, -0.2) is 11.7 Å². The van der Waals surface area contributed by atoms with E-state index in [1.54, 1.807) is 12.1 Å². The Morgan fingerprint density at radius 2 is 1.82 bits per heavy atom. The quantitative estimate of drug-likeness (QED) is 0.776. The fourth-order valence-corrected chi connectivity index (χ4v) is 3.67. The number of pyridine rings is 1. The Balaban J connectivity index is 2.43. The largest absolute Gasteiger partial charge is 0.325 e. The number of hydrogen-bond donors (Lipinski definition) is 1. The summed E-state index contributed by atoms with van der Waals surface area (Å²) in [5.41, 5.74) is 7.67. The van der Waals surface area contributed by atoms with Crippen molar-refractivity contribution < 1.29 is 9.36 Å². The van der Waals surface area contributed by atoms with E-state index in [0.717, 1.165) is 4.47 Å². The highest BCUT2D eigenvalue weighted by Gasteiger charge is 2.36. The number of thioether (sulfide) groups is 1. The molecule has 22 heavy (non-hydrogen) atoms. The average molecular weight is 372 g/mol. The number of anilines is 1. The van der Waals surface area contributed by atoms with Gasteiger partial charge in [0.2, 0.25) is 0 Å². The highest BCUT2D eigenvalue weighted by molar-refractivity contribution is 9.10. The molecule has 1 aromatic carbocycles. The molecule has 0 atom stereocenters. The van der Waals surface area contributed by atoms with Crippen molar-refractivity contribution in [2.45, 2.75) is 5.03 Å². The van der Waals surface area contributed by atoms with Crippen LogP contribution in [0.1, 0.15) is 15.9 Å². The number of nitrogens with zero attached hydrogens (tertiary/aromatic N) is 3. The zero-order chi connectivity index (χ0) is 15.9. The van der Waals surface area contributed by atoms with E-state index in [0.29, 0.717) is 21.7 Å². The summed E-state index contributed by atoms with van der Waals surface area (Å²) in [5, 5.41) is 19.5. The second-order valence-corrected chi connectivity index (χ2v) is 6.44. The number of carbonyl (C=O) groups is 1. The first-order valence-electron chi connectivity index (χ1n) is 6.22. The minimum atomic E-state index is -0.215. The van der Waals surface area contributed by atoms with E-state index >= 15 is 0 Å². The van der Waals surface area contributed by atoms with E-state index in [2.05, 4.69) is 22.0 Å². The first kappa shape index (κ1) is 14.6. The molecule has 3 rings (SSSR count). The number of fused-ring (bicyclic) bond motifs is 1. The lowest BCUT2D eigenvalue weighted by molar-refractivity contribution is -0.594. The monoisotopic (exact) mass is 371 g/mol. The summed E-state index contributed by atoms with van der Waals surface area (Å²) in [6.07, 6.45) is 0. The van der Waals surface area contributed by atoms with Crippen molar-refractivity contribution in [1.82, 2.24) is 0 Å². The van der Waals surface area contributed by atoms with Crippen molar-refractivity contribution in [1.29, 1.82) is 10.5 Å². The molecule has 0 amide bonds. The molecule has 0 fully saturated rings. The van der Waals surface area contributed by atoms with Crippen molar-refractivity contribution in [3.8, 4) is 23.3 Å². The minimum absolute atomic E-state index is 0.0874. The molecule has 0 saturated heterocycles. The molecular weight excluding hydrogens is 364 g/mol. The van der Waals surface area contributed by atoms with Crippen LogP contribution < -0.4 is 10.3 Å². The number of aromatic nitrogens is 1. The van der Waals surface area contributed by atoms with Gasteiger partial charge < -0.3 is 0 Å². The smallest absolute Gasteiger partial charge is 0.285 e. The van der Waals surface area contributed by atoms with Gasteiger partial charge in [0.25, 0.3) is 5.82 Å². The van der Waals surface area contributed by atoms with Crippen molar-refractivity contribution in [2.75, 3.05) is 11.5 Å². The summed E-state index contributed by atoms with van der Waals surface area (Å²) < 4.78 is 2.16. The van der Waals surface area contributed by atoms with E-state index < -0.39 is 0 Å². The molecule has 0 bridgehead atoms. The van der Waals surface area contributed by atoms with Gasteiger partial charge in [-0.15, -0.1) is 0 Å². The maximum Gasteiger partial charge on any atom is 0.325 e. The van der Waals surface area contributed by atoms with E-state index in [1.807, 2.05) is 18.2 Å². The minimum Gasteiger partial charge on any atom is -0.285 e. The Kier molecular flexibility index (Phi) is 3.61. The second kappa shape index (κ2) is 5.45. The van der Waals surface area contributed by atoms with E-state index in [4.69, 9.17) is 5.73 Å². The molecule has 2 heterocycles. The Hall–Kier alpha value is -2.35. The molecule has 2 N–H and O–H groups in total. The molecule has 1 aliphatic heterocycles. The van der Waals surface area contributed by atoms with Crippen LogP contribution in [-0.2, 0) is 0 Å². The average Bonchev–Trinajstić information content (AvgIpc) is 2.90. The van der Waals surface area contributed by atoms with Gasteiger partial charge in [-0.25, -0.2) is 4.79 Å². The first-order valence-corrected chi connectivity index (χ1v) is 8.00. The SMILES string of the molecule is N#Cc1c(-c2ccc(Br)cc2)c(C#N)c2[n+](c1N)C(=O)CS2. The van der Waals surface area contributed by atoms with Crippen molar-refractivity contribution in [3.63, 3.8) is 0 Å². The third kappa shape index (κ3) is 2.07. The van der Waals surface area contributed by atoms with Gasteiger partial charge in [-0.3, -0.25) is 5.73 Å². The van der Waals surface area contributed by atoms with Gasteiger partial charge in [0.15, 0.2) is 10.6 Å². The molecular formula is C15H8BrN4OS+. The van der Waals surface area contributed by atoms with Gasteiger partial charge in [-0.2, -0.15) is 15.1 Å². The molecule has 5 nitrogen and oxygen atoms in total. The number of rotatable bonds is 1. The molecule has 0 radical (unpaired) electrons. The summed E-state index contributed by atoms with van der Waals surface area (Å²) in [5.74, 6) is 0.0883. The van der Waals surface area contributed by atoms with E-state index in [-0.39, 0.29) is 23.0 Å². The predicted molar refractivity (Wildman–Crippen MR) is 85.0 cm³/mol. The van der Waals surface area contributed by atoms with E-state index in [1.165, 1.54) is 16.3 Å². The molecule has 0 saturated carbocycles. The maximum absolute atomic E-state index is 12.0. The van der Waals surface area contributed by atoms with Crippen LogP contribution in [0, 0.1) is 22.7 Å². The molecule has 0 unspecified atom stereocenters. The summed E-state index contributed by atoms with van der Waals surface area (Å²) in [7, 11) is 0. The zero-order valence-electron chi connectivity index (χ0n) is 11.1. The Morgan fingerprint density at radius 3 is 2.41 bits per heavy atom. The number of hydrogen-bond acceptors (Lipinski definition) is 5. The van der Waals surface area contributed by atoms with Gasteiger partial charge in [0, 0.05) is 10.0 Å². The third-order valence-electron chi connectivity index (χ3n) is 3.35. The van der Waals surface area contributed by atoms with Crippen LogP contribution in [0.4, 0.5) is 5.82 Å². The lowest BCUT2D eigenvalue weighted by Crippen LogP contribution is -2.45. The van der Waals surface area contributed by atoms with Gasteiger partial charge >= 0.3 is 5.91 Å². The zero-order valence-corrected chi connectivity index (χ0v) is 13.5. The van der Waals surface area contributed by atoms with Gasteiger partial charge in [0.1, 0.15) is 23.5 Å². The summed E-state index contributed by atoms with van der Waals surface area (Å²) in [6, 6.07) is 11.4. The van der Waals surface area contributed by atoms with Crippen LogP contribution in [0.25, 0.3) is 11.1 Å². The van der Waals surface area contributed by atoms with Crippen molar-refractivity contribution >= 4 is 39.4 Å². The van der Waals surface area contributed by atoms with Gasteiger partial charge in [-0.05, 0) is 17.7 Å². The van der Waals surface area contributed by atoms with Crippen LogP contribution >= 0.6 is 27.7 Å².